The number of anilines is 2. The highest BCUT2D eigenvalue weighted by Crippen LogP contribution is 2.34. The van der Waals surface area contributed by atoms with Crippen molar-refractivity contribution >= 4 is 22.9 Å². The van der Waals surface area contributed by atoms with Gasteiger partial charge in [0, 0.05) is 13.7 Å². The van der Waals surface area contributed by atoms with Gasteiger partial charge in [0.05, 0.1) is 13.2 Å². The predicted molar refractivity (Wildman–Crippen MR) is 83.1 cm³/mol. The lowest BCUT2D eigenvalue weighted by Crippen LogP contribution is -2.33. The Kier molecular flexibility index (Phi) is 4.78. The SMILES string of the molecule is COCCNc1nc2c(N)ncnc2n1[C@@H]1O[C@H](CO)[C@@H](O)[C@H]1O. The van der Waals surface area contributed by atoms with E-state index in [0.29, 0.717) is 30.3 Å². The Hall–Kier alpha value is -2.05. The number of methoxy groups -OCH3 is 1. The second-order valence-electron chi connectivity index (χ2n) is 5.38. The fourth-order valence-corrected chi connectivity index (χ4v) is 2.65. The Labute approximate surface area is 137 Å². The van der Waals surface area contributed by atoms with Crippen LogP contribution in [0.3, 0.4) is 0 Å². The van der Waals surface area contributed by atoms with Crippen LogP contribution in [0.15, 0.2) is 6.33 Å². The van der Waals surface area contributed by atoms with Gasteiger partial charge < -0.3 is 35.8 Å². The van der Waals surface area contributed by atoms with Gasteiger partial charge in [-0.25, -0.2) is 15.0 Å². The molecule has 1 aliphatic rings. The molecule has 132 valence electrons. The van der Waals surface area contributed by atoms with E-state index in [4.69, 9.17) is 15.2 Å². The quantitative estimate of drug-likeness (QED) is 0.375. The average molecular weight is 340 g/mol. The van der Waals surface area contributed by atoms with Crippen LogP contribution in [-0.4, -0.2) is 80.0 Å². The molecule has 11 nitrogen and oxygen atoms in total. The summed E-state index contributed by atoms with van der Waals surface area (Å²) >= 11 is 0. The molecule has 0 amide bonds. The second kappa shape index (κ2) is 6.83. The first kappa shape index (κ1) is 16.8. The summed E-state index contributed by atoms with van der Waals surface area (Å²) in [5, 5.41) is 32.6. The second-order valence-corrected chi connectivity index (χ2v) is 5.38. The lowest BCUT2D eigenvalue weighted by Gasteiger charge is -2.19. The summed E-state index contributed by atoms with van der Waals surface area (Å²) in [7, 11) is 1.57. The average Bonchev–Trinajstić information content (AvgIpc) is 3.07. The highest BCUT2D eigenvalue weighted by atomic mass is 16.6. The summed E-state index contributed by atoms with van der Waals surface area (Å²) < 4.78 is 12.1. The van der Waals surface area contributed by atoms with E-state index < -0.39 is 31.1 Å². The highest BCUT2D eigenvalue weighted by Gasteiger charge is 2.45. The van der Waals surface area contributed by atoms with Gasteiger partial charge in [0.25, 0.3) is 0 Å². The zero-order valence-corrected chi connectivity index (χ0v) is 13.0. The van der Waals surface area contributed by atoms with Gasteiger partial charge in [-0.2, -0.15) is 0 Å². The molecule has 0 saturated carbocycles. The Morgan fingerprint density at radius 3 is 2.83 bits per heavy atom. The van der Waals surface area contributed by atoms with Crippen molar-refractivity contribution in [2.24, 2.45) is 0 Å². The van der Waals surface area contributed by atoms with E-state index in [1.54, 1.807) is 7.11 Å². The third kappa shape index (κ3) is 2.76. The standard InChI is InChI=1S/C13H20N6O5/c1-23-3-2-15-13-18-7-10(14)16-5-17-11(7)19(13)12-9(22)8(21)6(4-20)24-12/h5-6,8-9,12,20-22H,2-4H2,1H3,(H,15,18)(H2,14,16,17)/t6-,8-,9-,12-/m1/s1. The first-order valence-corrected chi connectivity index (χ1v) is 7.42. The van der Waals surface area contributed by atoms with Crippen LogP contribution in [0.4, 0.5) is 11.8 Å². The molecule has 1 aliphatic heterocycles. The van der Waals surface area contributed by atoms with E-state index in [1.165, 1.54) is 10.9 Å². The molecule has 0 aliphatic carbocycles. The molecule has 0 spiro atoms. The summed E-state index contributed by atoms with van der Waals surface area (Å²) in [6.07, 6.45) is -3.12. The minimum absolute atomic E-state index is 0.181. The number of aliphatic hydroxyl groups is 3. The number of hydrogen-bond donors (Lipinski definition) is 5. The number of rotatable bonds is 6. The molecule has 3 rings (SSSR count). The zero-order chi connectivity index (χ0) is 17.3. The van der Waals surface area contributed by atoms with E-state index in [1.807, 2.05) is 0 Å². The summed E-state index contributed by atoms with van der Waals surface area (Å²) in [4.78, 5) is 12.4. The number of ether oxygens (including phenoxy) is 2. The molecule has 2 aromatic rings. The fraction of sp³-hybridized carbons (Fsp3) is 0.615. The first-order valence-electron chi connectivity index (χ1n) is 7.42. The molecule has 3 heterocycles. The topological polar surface area (TPSA) is 161 Å². The molecule has 6 N–H and O–H groups in total. The maximum Gasteiger partial charge on any atom is 0.207 e. The van der Waals surface area contributed by atoms with E-state index in [2.05, 4.69) is 20.3 Å². The monoisotopic (exact) mass is 340 g/mol. The van der Waals surface area contributed by atoms with Gasteiger partial charge in [0.1, 0.15) is 24.6 Å². The van der Waals surface area contributed by atoms with Gasteiger partial charge >= 0.3 is 0 Å². The van der Waals surface area contributed by atoms with E-state index >= 15 is 0 Å². The molecule has 0 radical (unpaired) electrons. The minimum Gasteiger partial charge on any atom is -0.394 e. The zero-order valence-electron chi connectivity index (χ0n) is 13.0. The number of nitrogens with zero attached hydrogens (tertiary/aromatic N) is 4. The Balaban J connectivity index is 2.04. The third-order valence-corrected chi connectivity index (χ3v) is 3.87. The van der Waals surface area contributed by atoms with Crippen LogP contribution in [0.25, 0.3) is 11.2 Å². The summed E-state index contributed by atoms with van der Waals surface area (Å²) in [6, 6.07) is 0. The minimum atomic E-state index is -1.27. The van der Waals surface area contributed by atoms with E-state index in [9.17, 15) is 15.3 Å². The van der Waals surface area contributed by atoms with Crippen molar-refractivity contribution in [2.45, 2.75) is 24.5 Å². The number of aliphatic hydroxyl groups excluding tert-OH is 3. The van der Waals surface area contributed by atoms with Gasteiger partial charge in [-0.1, -0.05) is 0 Å². The van der Waals surface area contributed by atoms with Crippen LogP contribution < -0.4 is 11.1 Å². The maximum atomic E-state index is 10.3. The summed E-state index contributed by atoms with van der Waals surface area (Å²) in [5.41, 5.74) is 6.52. The number of hydrogen-bond acceptors (Lipinski definition) is 10. The first-order chi connectivity index (χ1) is 11.6. The smallest absolute Gasteiger partial charge is 0.207 e. The number of aromatic nitrogens is 4. The van der Waals surface area contributed by atoms with Crippen LogP contribution >= 0.6 is 0 Å². The van der Waals surface area contributed by atoms with Gasteiger partial charge in [-0.15, -0.1) is 0 Å². The molecule has 11 heteroatoms. The van der Waals surface area contributed by atoms with Crippen molar-refractivity contribution in [1.82, 2.24) is 19.5 Å². The molecule has 2 aromatic heterocycles. The number of nitrogen functional groups attached to an aromatic ring is 1. The molecule has 0 bridgehead atoms. The predicted octanol–water partition coefficient (Wildman–Crippen LogP) is -1.92. The number of imidazole rings is 1. The molecule has 1 fully saturated rings. The number of nitrogens with two attached hydrogens (primary N) is 1. The van der Waals surface area contributed by atoms with Crippen molar-refractivity contribution in [3.05, 3.63) is 6.33 Å². The van der Waals surface area contributed by atoms with E-state index in [0.717, 1.165) is 0 Å². The normalized spacial score (nSPS) is 27.0. The lowest BCUT2D eigenvalue weighted by molar-refractivity contribution is -0.0501. The van der Waals surface area contributed by atoms with Crippen molar-refractivity contribution in [3.63, 3.8) is 0 Å². The summed E-state index contributed by atoms with van der Waals surface area (Å²) in [6.45, 7) is 0.452. The molecule has 1 saturated heterocycles. The van der Waals surface area contributed by atoms with Crippen molar-refractivity contribution in [2.75, 3.05) is 37.9 Å². The van der Waals surface area contributed by atoms with Crippen molar-refractivity contribution in [1.29, 1.82) is 0 Å². The van der Waals surface area contributed by atoms with Gasteiger partial charge in [-0.3, -0.25) is 4.57 Å². The Morgan fingerprint density at radius 2 is 2.17 bits per heavy atom. The van der Waals surface area contributed by atoms with Crippen LogP contribution in [0, 0.1) is 0 Å². The lowest BCUT2D eigenvalue weighted by atomic mass is 10.1. The summed E-state index contributed by atoms with van der Waals surface area (Å²) in [5.74, 6) is 0.518. The van der Waals surface area contributed by atoms with E-state index in [-0.39, 0.29) is 5.82 Å². The Bertz CT molecular complexity index is 709. The van der Waals surface area contributed by atoms with Crippen LogP contribution in [0.1, 0.15) is 6.23 Å². The fourth-order valence-electron chi connectivity index (χ4n) is 2.65. The maximum absolute atomic E-state index is 10.3. The molecular formula is C13H20N6O5. The number of fused-ring (bicyclic) bond motifs is 1. The molecule has 0 unspecified atom stereocenters. The third-order valence-electron chi connectivity index (χ3n) is 3.87. The van der Waals surface area contributed by atoms with Crippen LogP contribution in [-0.2, 0) is 9.47 Å². The van der Waals surface area contributed by atoms with Crippen LogP contribution in [0.2, 0.25) is 0 Å². The van der Waals surface area contributed by atoms with Crippen molar-refractivity contribution < 1.29 is 24.8 Å². The molecular weight excluding hydrogens is 320 g/mol. The molecule has 24 heavy (non-hydrogen) atoms. The van der Waals surface area contributed by atoms with Gasteiger partial charge in [0.2, 0.25) is 5.95 Å². The number of nitrogens with one attached hydrogen (secondary N) is 1. The van der Waals surface area contributed by atoms with Gasteiger partial charge in [0.15, 0.2) is 23.2 Å². The molecule has 0 aromatic carbocycles. The molecule has 4 atom stereocenters. The van der Waals surface area contributed by atoms with Crippen LogP contribution in [0.5, 0.6) is 0 Å². The largest absolute Gasteiger partial charge is 0.394 e. The van der Waals surface area contributed by atoms with Crippen molar-refractivity contribution in [3.8, 4) is 0 Å². The highest BCUT2D eigenvalue weighted by molar-refractivity contribution is 5.84. The van der Waals surface area contributed by atoms with Gasteiger partial charge in [-0.05, 0) is 0 Å². The Morgan fingerprint density at radius 1 is 1.38 bits per heavy atom.